The van der Waals surface area contributed by atoms with Crippen LogP contribution in [0.2, 0.25) is 0 Å². The first kappa shape index (κ1) is 11.7. The van der Waals surface area contributed by atoms with Gasteiger partial charge < -0.3 is 5.11 Å². The first-order chi connectivity index (χ1) is 8.50. The Kier molecular flexibility index (Phi) is 2.46. The Morgan fingerprint density at radius 2 is 1.94 bits per heavy atom. The Bertz CT molecular complexity index is 585. The fourth-order valence-electron chi connectivity index (χ4n) is 3.25. The van der Waals surface area contributed by atoms with Crippen molar-refractivity contribution in [3.63, 3.8) is 0 Å². The van der Waals surface area contributed by atoms with Crippen LogP contribution in [0.4, 0.5) is 0 Å². The van der Waals surface area contributed by atoms with Crippen LogP contribution in [0.3, 0.4) is 0 Å². The van der Waals surface area contributed by atoms with Gasteiger partial charge in [-0.2, -0.15) is 0 Å². The molecule has 0 spiro atoms. The van der Waals surface area contributed by atoms with Crippen molar-refractivity contribution in [1.82, 2.24) is 4.98 Å². The Balaban J connectivity index is 2.15. The highest BCUT2D eigenvalue weighted by Gasteiger charge is 2.43. The lowest BCUT2D eigenvalue weighted by atomic mass is 9.84. The van der Waals surface area contributed by atoms with E-state index >= 15 is 0 Å². The molecule has 2 nitrogen and oxygen atoms in total. The second-order valence-electron chi connectivity index (χ2n) is 6.25. The quantitative estimate of drug-likeness (QED) is 0.827. The molecule has 1 aliphatic rings. The van der Waals surface area contributed by atoms with E-state index in [1.54, 1.807) is 6.20 Å². The molecule has 1 atom stereocenters. The molecule has 0 amide bonds. The molecule has 2 aromatic rings. The minimum atomic E-state index is -0.688. The Hall–Kier alpha value is -1.41. The van der Waals surface area contributed by atoms with E-state index in [1.807, 2.05) is 24.3 Å². The van der Waals surface area contributed by atoms with Crippen molar-refractivity contribution in [2.24, 2.45) is 5.41 Å². The zero-order valence-corrected chi connectivity index (χ0v) is 11.0. The van der Waals surface area contributed by atoms with Crippen molar-refractivity contribution in [2.45, 2.75) is 38.7 Å². The predicted octanol–water partition coefficient (Wildman–Crippen LogP) is 3.63. The molecule has 0 bridgehead atoms. The lowest BCUT2D eigenvalue weighted by Crippen LogP contribution is -2.23. The van der Waals surface area contributed by atoms with Crippen LogP contribution in [0.5, 0.6) is 0 Å². The minimum Gasteiger partial charge on any atom is -0.385 e. The van der Waals surface area contributed by atoms with Crippen molar-refractivity contribution >= 4 is 10.9 Å². The van der Waals surface area contributed by atoms with Crippen molar-refractivity contribution in [3.05, 3.63) is 42.1 Å². The maximum atomic E-state index is 11.0. The molecule has 0 aliphatic heterocycles. The van der Waals surface area contributed by atoms with E-state index in [1.165, 1.54) is 0 Å². The third kappa shape index (κ3) is 1.81. The molecule has 1 fully saturated rings. The van der Waals surface area contributed by atoms with Crippen molar-refractivity contribution < 1.29 is 5.11 Å². The number of aromatic nitrogens is 1. The number of benzene rings is 1. The average Bonchev–Trinajstić information content (AvgIpc) is 2.64. The van der Waals surface area contributed by atoms with Gasteiger partial charge in [0.2, 0.25) is 0 Å². The van der Waals surface area contributed by atoms with E-state index in [0.29, 0.717) is 0 Å². The van der Waals surface area contributed by atoms with Crippen molar-refractivity contribution in [1.29, 1.82) is 0 Å². The summed E-state index contributed by atoms with van der Waals surface area (Å²) >= 11 is 0. The van der Waals surface area contributed by atoms with E-state index < -0.39 is 5.60 Å². The summed E-state index contributed by atoms with van der Waals surface area (Å²) in [6, 6.07) is 10.0. The topological polar surface area (TPSA) is 33.1 Å². The van der Waals surface area contributed by atoms with Gasteiger partial charge in [-0.3, -0.25) is 4.98 Å². The van der Waals surface area contributed by atoms with Gasteiger partial charge in [0, 0.05) is 11.6 Å². The van der Waals surface area contributed by atoms with Crippen LogP contribution in [0.1, 0.15) is 38.7 Å². The Labute approximate surface area is 108 Å². The Morgan fingerprint density at radius 1 is 1.11 bits per heavy atom. The van der Waals surface area contributed by atoms with Crippen molar-refractivity contribution in [2.75, 3.05) is 0 Å². The summed E-state index contributed by atoms with van der Waals surface area (Å²) < 4.78 is 0. The van der Waals surface area contributed by atoms with Crippen LogP contribution < -0.4 is 0 Å². The molecular weight excluding hydrogens is 222 g/mol. The maximum absolute atomic E-state index is 11.0. The highest BCUT2D eigenvalue weighted by molar-refractivity contribution is 5.82. The lowest BCUT2D eigenvalue weighted by Gasteiger charge is -2.27. The lowest BCUT2D eigenvalue weighted by molar-refractivity contribution is 0.0353. The van der Waals surface area contributed by atoms with Crippen LogP contribution in [0.25, 0.3) is 10.9 Å². The van der Waals surface area contributed by atoms with Crippen LogP contribution in [-0.4, -0.2) is 10.1 Å². The minimum absolute atomic E-state index is 0.221. The molecule has 1 N–H and O–H groups in total. The number of aliphatic hydroxyl groups is 1. The van der Waals surface area contributed by atoms with Gasteiger partial charge in [-0.05, 0) is 42.4 Å². The van der Waals surface area contributed by atoms with Gasteiger partial charge in [0.25, 0.3) is 0 Å². The van der Waals surface area contributed by atoms with Gasteiger partial charge in [-0.1, -0.05) is 32.0 Å². The summed E-state index contributed by atoms with van der Waals surface area (Å²) in [7, 11) is 0. The smallest absolute Gasteiger partial charge is 0.0908 e. The zero-order valence-electron chi connectivity index (χ0n) is 11.0. The molecule has 0 radical (unpaired) electrons. The first-order valence-corrected chi connectivity index (χ1v) is 6.57. The normalized spacial score (nSPS) is 26.6. The van der Waals surface area contributed by atoms with Crippen LogP contribution in [0, 0.1) is 5.41 Å². The summed E-state index contributed by atoms with van der Waals surface area (Å²) in [5.74, 6) is 0. The van der Waals surface area contributed by atoms with Gasteiger partial charge in [-0.25, -0.2) is 0 Å². The third-order valence-corrected chi connectivity index (χ3v) is 4.13. The van der Waals surface area contributed by atoms with E-state index in [9.17, 15) is 5.11 Å². The van der Waals surface area contributed by atoms with E-state index in [2.05, 4.69) is 24.9 Å². The summed E-state index contributed by atoms with van der Waals surface area (Å²) in [4.78, 5) is 4.37. The van der Waals surface area contributed by atoms with Gasteiger partial charge >= 0.3 is 0 Å². The van der Waals surface area contributed by atoms with Crippen LogP contribution in [-0.2, 0) is 5.60 Å². The molecule has 2 heteroatoms. The number of hydrogen-bond acceptors (Lipinski definition) is 2. The molecule has 1 unspecified atom stereocenters. The molecule has 0 saturated heterocycles. The van der Waals surface area contributed by atoms with E-state index in [0.717, 1.165) is 35.7 Å². The molecule has 94 valence electrons. The fourth-order valence-corrected chi connectivity index (χ4v) is 3.25. The van der Waals surface area contributed by atoms with Gasteiger partial charge in [-0.15, -0.1) is 0 Å². The SMILES string of the molecule is CC1(C)CCC(O)(c2cccc3ncccc23)C1. The number of nitrogens with zero attached hydrogens (tertiary/aromatic N) is 1. The highest BCUT2D eigenvalue weighted by Crippen LogP contribution is 2.50. The molecule has 1 aromatic carbocycles. The van der Waals surface area contributed by atoms with Gasteiger partial charge in [0.15, 0.2) is 0 Å². The largest absolute Gasteiger partial charge is 0.385 e. The van der Waals surface area contributed by atoms with E-state index in [4.69, 9.17) is 0 Å². The molecule has 1 heterocycles. The zero-order chi connectivity index (χ0) is 12.8. The van der Waals surface area contributed by atoms with Crippen molar-refractivity contribution in [3.8, 4) is 0 Å². The summed E-state index contributed by atoms with van der Waals surface area (Å²) in [5.41, 5.74) is 1.54. The molecule has 18 heavy (non-hydrogen) atoms. The first-order valence-electron chi connectivity index (χ1n) is 6.57. The predicted molar refractivity (Wildman–Crippen MR) is 73.3 cm³/mol. The summed E-state index contributed by atoms with van der Waals surface area (Å²) in [5, 5.41) is 12.1. The van der Waals surface area contributed by atoms with Gasteiger partial charge in [0.05, 0.1) is 11.1 Å². The number of rotatable bonds is 1. The standard InChI is InChI=1S/C16H19NO/c1-15(2)8-9-16(18,11-15)13-6-3-7-14-12(13)5-4-10-17-14/h3-7,10,18H,8-9,11H2,1-2H3. The van der Waals surface area contributed by atoms with Gasteiger partial charge in [0.1, 0.15) is 0 Å². The monoisotopic (exact) mass is 241 g/mol. The van der Waals surface area contributed by atoms with E-state index in [-0.39, 0.29) is 5.41 Å². The maximum Gasteiger partial charge on any atom is 0.0908 e. The number of pyridine rings is 1. The summed E-state index contributed by atoms with van der Waals surface area (Å²) in [6.07, 6.45) is 4.54. The molecule has 1 saturated carbocycles. The second-order valence-corrected chi connectivity index (χ2v) is 6.25. The van der Waals surface area contributed by atoms with Crippen LogP contribution >= 0.6 is 0 Å². The Morgan fingerprint density at radius 3 is 2.67 bits per heavy atom. The second kappa shape index (κ2) is 3.79. The fraction of sp³-hybridized carbons (Fsp3) is 0.438. The number of hydrogen-bond donors (Lipinski definition) is 1. The third-order valence-electron chi connectivity index (χ3n) is 4.13. The molecule has 3 rings (SSSR count). The average molecular weight is 241 g/mol. The number of fused-ring (bicyclic) bond motifs is 1. The molecule has 1 aliphatic carbocycles. The highest BCUT2D eigenvalue weighted by atomic mass is 16.3. The molecular formula is C16H19NO. The molecule has 1 aromatic heterocycles. The van der Waals surface area contributed by atoms with Crippen LogP contribution in [0.15, 0.2) is 36.5 Å². The summed E-state index contributed by atoms with van der Waals surface area (Å²) in [6.45, 7) is 4.46.